The quantitative estimate of drug-likeness (QED) is 0.241. The number of nitrogens with zero attached hydrogens (tertiary/aromatic N) is 2. The smallest absolute Gasteiger partial charge is 0.0492 e. The number of pyridine rings is 1. The topological polar surface area (TPSA) is 16.1 Å². The third-order valence-corrected chi connectivity index (χ3v) is 7.86. The van der Waals surface area contributed by atoms with Gasteiger partial charge in [-0.05, 0) is 103 Å². The molecule has 6 aromatic carbocycles. The number of hydrogen-bond donors (Lipinski definition) is 0. The number of para-hydroxylation sites is 1. The maximum absolute atomic E-state index is 4.24. The van der Waals surface area contributed by atoms with E-state index < -0.39 is 0 Å². The molecule has 0 amide bonds. The molecule has 1 aromatic heterocycles. The van der Waals surface area contributed by atoms with E-state index in [1.165, 1.54) is 54.9 Å². The van der Waals surface area contributed by atoms with Crippen molar-refractivity contribution in [3.8, 4) is 33.4 Å². The molecule has 1 heterocycles. The van der Waals surface area contributed by atoms with Crippen molar-refractivity contribution >= 4 is 38.6 Å². The maximum Gasteiger partial charge on any atom is 0.0492 e. The summed E-state index contributed by atoms with van der Waals surface area (Å²) < 4.78 is 0. The predicted molar refractivity (Wildman–Crippen MR) is 164 cm³/mol. The summed E-state index contributed by atoms with van der Waals surface area (Å²) in [6, 6.07) is 48.2. The van der Waals surface area contributed by atoms with Crippen LogP contribution in [0.4, 0.5) is 17.1 Å². The Hall–Kier alpha value is -5.21. The van der Waals surface area contributed by atoms with Crippen LogP contribution in [0.3, 0.4) is 0 Å². The maximum atomic E-state index is 4.24. The lowest BCUT2D eigenvalue weighted by Gasteiger charge is -2.25. The van der Waals surface area contributed by atoms with E-state index in [9.17, 15) is 0 Å². The van der Waals surface area contributed by atoms with Gasteiger partial charge in [0.05, 0.1) is 0 Å². The van der Waals surface area contributed by atoms with Crippen molar-refractivity contribution in [2.24, 2.45) is 0 Å². The number of aromatic nitrogens is 1. The average Bonchev–Trinajstić information content (AvgIpc) is 3.31. The summed E-state index contributed by atoms with van der Waals surface area (Å²) in [6.07, 6.45) is 3.69. The Balaban J connectivity index is 1.31. The van der Waals surface area contributed by atoms with Gasteiger partial charge in [0, 0.05) is 29.5 Å². The molecular weight excluding hydrogens is 472 g/mol. The van der Waals surface area contributed by atoms with Crippen molar-refractivity contribution in [2.75, 3.05) is 4.90 Å². The van der Waals surface area contributed by atoms with Gasteiger partial charge in [-0.15, -0.1) is 0 Å². The van der Waals surface area contributed by atoms with Crippen molar-refractivity contribution < 1.29 is 0 Å². The Bertz CT molecular complexity index is 1920. The van der Waals surface area contributed by atoms with Crippen molar-refractivity contribution in [1.29, 1.82) is 0 Å². The Labute approximate surface area is 227 Å². The molecule has 0 saturated heterocycles. The molecule has 0 saturated carbocycles. The molecule has 8 rings (SSSR count). The molecule has 1 aliphatic rings. The van der Waals surface area contributed by atoms with Gasteiger partial charge < -0.3 is 4.90 Å². The van der Waals surface area contributed by atoms with Crippen LogP contribution in [0.2, 0.25) is 0 Å². The van der Waals surface area contributed by atoms with E-state index >= 15 is 0 Å². The van der Waals surface area contributed by atoms with Crippen LogP contribution in [0.25, 0.3) is 54.9 Å². The lowest BCUT2D eigenvalue weighted by Crippen LogP contribution is -2.09. The molecule has 0 fully saturated rings. The standard InChI is InChI=1S/C37H24N2/c1-2-11-28(12-3-1)39(29-18-20-38-21-19-29)30-13-6-10-27(22-30)31-16-17-34-36-24-26-9-5-4-8-25(26)23-35(36)33-15-7-14-32(31)37(33)34/h1-24H. The number of hydrogen-bond acceptors (Lipinski definition) is 2. The van der Waals surface area contributed by atoms with Gasteiger partial charge in [0.2, 0.25) is 0 Å². The molecule has 0 aliphatic heterocycles. The third-order valence-electron chi connectivity index (χ3n) is 7.86. The van der Waals surface area contributed by atoms with Crippen molar-refractivity contribution in [1.82, 2.24) is 4.98 Å². The summed E-state index contributed by atoms with van der Waals surface area (Å²) in [6.45, 7) is 0. The van der Waals surface area contributed by atoms with Gasteiger partial charge in [-0.2, -0.15) is 0 Å². The fraction of sp³-hybridized carbons (Fsp3) is 0. The van der Waals surface area contributed by atoms with Crippen LogP contribution < -0.4 is 4.90 Å². The van der Waals surface area contributed by atoms with E-state index in [1.807, 2.05) is 12.4 Å². The molecule has 0 spiro atoms. The van der Waals surface area contributed by atoms with Crippen molar-refractivity contribution in [3.05, 3.63) is 146 Å². The monoisotopic (exact) mass is 496 g/mol. The zero-order valence-electron chi connectivity index (χ0n) is 21.3. The number of anilines is 3. The fourth-order valence-corrected chi connectivity index (χ4v) is 6.12. The van der Waals surface area contributed by atoms with Gasteiger partial charge in [-0.1, -0.05) is 84.9 Å². The van der Waals surface area contributed by atoms with Crippen LogP contribution in [0.1, 0.15) is 0 Å². The van der Waals surface area contributed by atoms with Gasteiger partial charge in [0.25, 0.3) is 0 Å². The van der Waals surface area contributed by atoms with E-state index in [1.54, 1.807) is 0 Å². The lowest BCUT2D eigenvalue weighted by atomic mass is 9.94. The Kier molecular flexibility index (Phi) is 4.86. The normalized spacial score (nSPS) is 11.6. The van der Waals surface area contributed by atoms with Gasteiger partial charge in [-0.25, -0.2) is 0 Å². The summed E-state index contributed by atoms with van der Waals surface area (Å²) in [7, 11) is 0. The molecule has 1 aliphatic carbocycles. The summed E-state index contributed by atoms with van der Waals surface area (Å²) >= 11 is 0. The highest BCUT2D eigenvalue weighted by molar-refractivity contribution is 6.20. The molecule has 0 radical (unpaired) electrons. The second-order valence-corrected chi connectivity index (χ2v) is 10.1. The average molecular weight is 497 g/mol. The van der Waals surface area contributed by atoms with Crippen LogP contribution in [0, 0.1) is 0 Å². The first kappa shape index (κ1) is 21.8. The first-order valence-electron chi connectivity index (χ1n) is 13.3. The van der Waals surface area contributed by atoms with Gasteiger partial charge >= 0.3 is 0 Å². The fourth-order valence-electron chi connectivity index (χ4n) is 6.12. The van der Waals surface area contributed by atoms with Gasteiger partial charge in [0.15, 0.2) is 0 Å². The minimum absolute atomic E-state index is 1.08. The number of fused-ring (bicyclic) bond motifs is 4. The Morgan fingerprint density at radius 2 is 1.03 bits per heavy atom. The van der Waals surface area contributed by atoms with Crippen molar-refractivity contribution in [3.63, 3.8) is 0 Å². The SMILES string of the molecule is c1ccc(N(c2ccncc2)c2cccc(-c3ccc4c5c(cccc35)-c3cc5ccccc5cc3-4)c2)cc1. The second kappa shape index (κ2) is 8.68. The molecular formula is C37H24N2. The third kappa shape index (κ3) is 3.46. The highest BCUT2D eigenvalue weighted by Crippen LogP contribution is 2.50. The van der Waals surface area contributed by atoms with Crippen LogP contribution in [0.5, 0.6) is 0 Å². The molecule has 39 heavy (non-hydrogen) atoms. The highest BCUT2D eigenvalue weighted by atomic mass is 15.1. The van der Waals surface area contributed by atoms with E-state index in [4.69, 9.17) is 0 Å². The zero-order chi connectivity index (χ0) is 25.8. The molecule has 0 atom stereocenters. The molecule has 0 bridgehead atoms. The number of rotatable bonds is 4. The lowest BCUT2D eigenvalue weighted by molar-refractivity contribution is 1.24. The van der Waals surface area contributed by atoms with Gasteiger partial charge in [-0.3, -0.25) is 4.98 Å². The van der Waals surface area contributed by atoms with E-state index in [2.05, 4.69) is 143 Å². The Morgan fingerprint density at radius 3 is 1.79 bits per heavy atom. The van der Waals surface area contributed by atoms with Crippen LogP contribution in [-0.4, -0.2) is 4.98 Å². The van der Waals surface area contributed by atoms with Crippen LogP contribution in [-0.2, 0) is 0 Å². The van der Waals surface area contributed by atoms with Gasteiger partial charge in [0.1, 0.15) is 0 Å². The minimum atomic E-state index is 1.08. The highest BCUT2D eigenvalue weighted by Gasteiger charge is 2.23. The molecule has 7 aromatic rings. The summed E-state index contributed by atoms with van der Waals surface area (Å²) in [4.78, 5) is 6.53. The predicted octanol–water partition coefficient (Wildman–Crippen LogP) is 10.2. The van der Waals surface area contributed by atoms with Crippen LogP contribution >= 0.6 is 0 Å². The molecule has 182 valence electrons. The molecule has 0 N–H and O–H groups in total. The number of benzene rings is 6. The largest absolute Gasteiger partial charge is 0.310 e. The molecule has 2 heteroatoms. The summed E-state index contributed by atoms with van der Waals surface area (Å²) in [5.41, 5.74) is 11.1. The minimum Gasteiger partial charge on any atom is -0.310 e. The summed E-state index contributed by atoms with van der Waals surface area (Å²) in [5, 5.41) is 5.20. The first-order valence-corrected chi connectivity index (χ1v) is 13.3. The summed E-state index contributed by atoms with van der Waals surface area (Å²) in [5.74, 6) is 0. The van der Waals surface area contributed by atoms with Crippen molar-refractivity contribution in [2.45, 2.75) is 0 Å². The zero-order valence-corrected chi connectivity index (χ0v) is 21.3. The molecule has 2 nitrogen and oxygen atoms in total. The van der Waals surface area contributed by atoms with E-state index in [0.29, 0.717) is 0 Å². The van der Waals surface area contributed by atoms with E-state index in [0.717, 1.165) is 17.1 Å². The van der Waals surface area contributed by atoms with E-state index in [-0.39, 0.29) is 0 Å². The van der Waals surface area contributed by atoms with Crippen LogP contribution in [0.15, 0.2) is 146 Å². The molecule has 0 unspecified atom stereocenters. The first-order chi connectivity index (χ1) is 19.3. The Morgan fingerprint density at radius 1 is 0.410 bits per heavy atom. The second-order valence-electron chi connectivity index (χ2n) is 10.1.